The lowest BCUT2D eigenvalue weighted by Gasteiger charge is -2.09. The first kappa shape index (κ1) is 14.6. The lowest BCUT2D eigenvalue weighted by atomic mass is 10.1. The summed E-state index contributed by atoms with van der Waals surface area (Å²) in [5.41, 5.74) is 0.718. The largest absolute Gasteiger partial charge is 0.381 e. The third-order valence-corrected chi connectivity index (χ3v) is 3.34. The third kappa shape index (κ3) is 3.18. The van der Waals surface area contributed by atoms with E-state index < -0.39 is 10.7 Å². The SMILES string of the molecule is O=[N+]([O-])c1cccc(Cl)c1CNc1ccc(Cl)c(F)c1. The summed E-state index contributed by atoms with van der Waals surface area (Å²) in [6, 6.07) is 8.63. The Morgan fingerprint density at radius 1 is 1.20 bits per heavy atom. The van der Waals surface area contributed by atoms with E-state index in [2.05, 4.69) is 5.32 Å². The zero-order valence-corrected chi connectivity index (χ0v) is 11.6. The summed E-state index contributed by atoms with van der Waals surface area (Å²) in [6.07, 6.45) is 0. The predicted octanol–water partition coefficient (Wildman–Crippen LogP) is 4.65. The van der Waals surface area contributed by atoms with Gasteiger partial charge < -0.3 is 5.32 Å². The van der Waals surface area contributed by atoms with Crippen molar-refractivity contribution in [2.75, 3.05) is 5.32 Å². The molecule has 0 heterocycles. The van der Waals surface area contributed by atoms with Gasteiger partial charge in [-0.1, -0.05) is 29.3 Å². The van der Waals surface area contributed by atoms with Crippen molar-refractivity contribution in [2.45, 2.75) is 6.54 Å². The van der Waals surface area contributed by atoms with Gasteiger partial charge in [0.2, 0.25) is 0 Å². The molecule has 0 saturated carbocycles. The maximum Gasteiger partial charge on any atom is 0.275 e. The topological polar surface area (TPSA) is 55.2 Å². The summed E-state index contributed by atoms with van der Waals surface area (Å²) < 4.78 is 13.3. The Morgan fingerprint density at radius 3 is 2.60 bits per heavy atom. The van der Waals surface area contributed by atoms with Crippen molar-refractivity contribution >= 4 is 34.6 Å². The van der Waals surface area contributed by atoms with Crippen molar-refractivity contribution in [1.82, 2.24) is 0 Å². The maximum atomic E-state index is 13.3. The van der Waals surface area contributed by atoms with Crippen LogP contribution >= 0.6 is 23.2 Å². The number of hydrogen-bond donors (Lipinski definition) is 1. The normalized spacial score (nSPS) is 10.3. The molecule has 2 aromatic carbocycles. The Balaban J connectivity index is 2.22. The minimum absolute atomic E-state index is 0.0132. The van der Waals surface area contributed by atoms with Crippen LogP contribution in [0.1, 0.15) is 5.56 Å². The number of nitrogens with one attached hydrogen (secondary N) is 1. The molecule has 0 fully saturated rings. The molecule has 20 heavy (non-hydrogen) atoms. The van der Waals surface area contributed by atoms with Gasteiger partial charge in [0.25, 0.3) is 5.69 Å². The van der Waals surface area contributed by atoms with Crippen molar-refractivity contribution < 1.29 is 9.31 Å². The number of nitro benzene ring substituents is 1. The molecular formula is C13H9Cl2FN2O2. The first-order valence-corrected chi connectivity index (χ1v) is 6.35. The molecule has 2 rings (SSSR count). The third-order valence-electron chi connectivity index (χ3n) is 2.68. The molecule has 0 unspecified atom stereocenters. The molecule has 0 aliphatic rings. The molecular weight excluding hydrogens is 306 g/mol. The molecule has 0 atom stereocenters. The first-order valence-electron chi connectivity index (χ1n) is 5.59. The molecule has 0 radical (unpaired) electrons. The molecule has 0 bridgehead atoms. The van der Waals surface area contributed by atoms with Crippen LogP contribution in [0.25, 0.3) is 0 Å². The summed E-state index contributed by atoms with van der Waals surface area (Å²) in [5, 5.41) is 14.1. The Morgan fingerprint density at radius 2 is 1.95 bits per heavy atom. The number of hydrogen-bond acceptors (Lipinski definition) is 3. The standard InChI is InChI=1S/C13H9Cl2FN2O2/c14-10-2-1-3-13(18(19)20)9(10)7-17-8-4-5-11(15)12(16)6-8/h1-6,17H,7H2. The molecule has 0 aliphatic carbocycles. The molecule has 0 amide bonds. The fourth-order valence-electron chi connectivity index (χ4n) is 1.69. The average Bonchev–Trinajstić information content (AvgIpc) is 2.40. The fraction of sp³-hybridized carbons (Fsp3) is 0.0769. The van der Waals surface area contributed by atoms with Crippen LogP contribution in [0.5, 0.6) is 0 Å². The highest BCUT2D eigenvalue weighted by Crippen LogP contribution is 2.27. The zero-order valence-electron chi connectivity index (χ0n) is 10.1. The van der Waals surface area contributed by atoms with Crippen molar-refractivity contribution in [3.05, 3.63) is 67.9 Å². The van der Waals surface area contributed by atoms with Gasteiger partial charge in [0.15, 0.2) is 0 Å². The number of halogens is 3. The summed E-state index contributed by atoms with van der Waals surface area (Å²) in [7, 11) is 0. The number of benzene rings is 2. The molecule has 0 aliphatic heterocycles. The van der Waals surface area contributed by atoms with Gasteiger partial charge in [0, 0.05) is 18.3 Å². The van der Waals surface area contributed by atoms with E-state index >= 15 is 0 Å². The van der Waals surface area contributed by atoms with E-state index in [1.807, 2.05) is 0 Å². The van der Waals surface area contributed by atoms with Crippen LogP contribution in [0.15, 0.2) is 36.4 Å². The number of nitrogens with zero attached hydrogens (tertiary/aromatic N) is 1. The van der Waals surface area contributed by atoms with Crippen LogP contribution in [0.2, 0.25) is 10.0 Å². The van der Waals surface area contributed by atoms with Gasteiger partial charge in [-0.2, -0.15) is 0 Å². The Labute approximate surface area is 124 Å². The van der Waals surface area contributed by atoms with E-state index in [4.69, 9.17) is 23.2 Å². The smallest absolute Gasteiger partial charge is 0.275 e. The predicted molar refractivity (Wildman–Crippen MR) is 76.8 cm³/mol. The minimum atomic E-state index is -0.565. The summed E-state index contributed by atoms with van der Waals surface area (Å²) in [5.74, 6) is -0.565. The van der Waals surface area contributed by atoms with Crippen LogP contribution in [0, 0.1) is 15.9 Å². The van der Waals surface area contributed by atoms with Crippen molar-refractivity contribution in [3.8, 4) is 0 Å². The molecule has 1 N–H and O–H groups in total. The number of anilines is 1. The highest BCUT2D eigenvalue weighted by molar-refractivity contribution is 6.31. The fourth-order valence-corrected chi connectivity index (χ4v) is 2.04. The molecule has 4 nitrogen and oxygen atoms in total. The van der Waals surface area contributed by atoms with Gasteiger partial charge in [-0.15, -0.1) is 0 Å². The number of nitro groups is 1. The lowest BCUT2D eigenvalue weighted by molar-refractivity contribution is -0.385. The van der Waals surface area contributed by atoms with Crippen LogP contribution in [0.4, 0.5) is 15.8 Å². The van der Waals surface area contributed by atoms with E-state index in [1.165, 1.54) is 24.3 Å². The van der Waals surface area contributed by atoms with E-state index in [-0.39, 0.29) is 22.3 Å². The molecule has 0 aromatic heterocycles. The molecule has 0 saturated heterocycles. The van der Waals surface area contributed by atoms with Crippen molar-refractivity contribution in [3.63, 3.8) is 0 Å². The highest BCUT2D eigenvalue weighted by Gasteiger charge is 2.16. The van der Waals surface area contributed by atoms with Gasteiger partial charge in [-0.25, -0.2) is 4.39 Å². The van der Waals surface area contributed by atoms with Crippen molar-refractivity contribution in [1.29, 1.82) is 0 Å². The van der Waals surface area contributed by atoms with Gasteiger partial charge in [-0.05, 0) is 24.3 Å². The van der Waals surface area contributed by atoms with Gasteiger partial charge in [-0.3, -0.25) is 10.1 Å². The quantitative estimate of drug-likeness (QED) is 0.660. The van der Waals surface area contributed by atoms with Crippen LogP contribution < -0.4 is 5.32 Å². The molecule has 2 aromatic rings. The molecule has 0 spiro atoms. The average molecular weight is 315 g/mol. The van der Waals surface area contributed by atoms with Gasteiger partial charge in [0.05, 0.1) is 20.5 Å². The Hall–Kier alpha value is -1.85. The summed E-state index contributed by atoms with van der Waals surface area (Å²) >= 11 is 11.5. The Bertz CT molecular complexity index is 665. The number of rotatable bonds is 4. The van der Waals surface area contributed by atoms with Crippen LogP contribution in [-0.2, 0) is 6.54 Å². The first-order chi connectivity index (χ1) is 9.49. The minimum Gasteiger partial charge on any atom is -0.381 e. The lowest BCUT2D eigenvalue weighted by Crippen LogP contribution is -2.04. The van der Waals surface area contributed by atoms with E-state index in [9.17, 15) is 14.5 Å². The van der Waals surface area contributed by atoms with E-state index in [1.54, 1.807) is 12.1 Å². The summed E-state index contributed by atoms with van der Waals surface area (Å²) in [6.45, 7) is 0.108. The van der Waals surface area contributed by atoms with E-state index in [0.717, 1.165) is 0 Å². The monoisotopic (exact) mass is 314 g/mol. The zero-order chi connectivity index (χ0) is 14.7. The molecule has 104 valence electrons. The van der Waals surface area contributed by atoms with E-state index in [0.29, 0.717) is 11.3 Å². The van der Waals surface area contributed by atoms with Crippen LogP contribution in [-0.4, -0.2) is 4.92 Å². The van der Waals surface area contributed by atoms with Gasteiger partial charge >= 0.3 is 0 Å². The van der Waals surface area contributed by atoms with Crippen molar-refractivity contribution in [2.24, 2.45) is 0 Å². The second-order valence-corrected chi connectivity index (χ2v) is 4.79. The van der Waals surface area contributed by atoms with Crippen LogP contribution in [0.3, 0.4) is 0 Å². The maximum absolute atomic E-state index is 13.3. The Kier molecular flexibility index (Phi) is 4.42. The molecule has 7 heteroatoms. The second kappa shape index (κ2) is 6.07. The second-order valence-electron chi connectivity index (χ2n) is 3.98. The van der Waals surface area contributed by atoms with Gasteiger partial charge in [0.1, 0.15) is 5.82 Å². The highest BCUT2D eigenvalue weighted by atomic mass is 35.5. The summed E-state index contributed by atoms with van der Waals surface area (Å²) in [4.78, 5) is 10.4.